The standard InChI is InChI=1S/C24H28N4O3S/c1-4-22(29)25-13-6-14-28-21(18-9-11-20(12-10-18)31-5-2)16-32-24(28)27-23(30)19-8-7-17(3)26-15-19/h7-12,15-16H,4-6,13-14H2,1-3H3,(H,25,29). The predicted octanol–water partition coefficient (Wildman–Crippen LogP) is 3.98. The molecule has 0 fully saturated rings. The fourth-order valence-corrected chi connectivity index (χ4v) is 4.02. The molecule has 1 N–H and O–H groups in total. The molecule has 0 bridgehead atoms. The molecule has 0 unspecified atom stereocenters. The van der Waals surface area contributed by atoms with Crippen molar-refractivity contribution in [1.29, 1.82) is 0 Å². The van der Waals surface area contributed by atoms with E-state index in [-0.39, 0.29) is 11.8 Å². The van der Waals surface area contributed by atoms with Crippen LogP contribution in [0.1, 0.15) is 42.7 Å². The molecule has 0 aliphatic carbocycles. The van der Waals surface area contributed by atoms with Crippen molar-refractivity contribution in [2.24, 2.45) is 4.99 Å². The summed E-state index contributed by atoms with van der Waals surface area (Å²) < 4.78 is 7.57. The van der Waals surface area contributed by atoms with Gasteiger partial charge in [-0.3, -0.25) is 14.6 Å². The van der Waals surface area contributed by atoms with E-state index >= 15 is 0 Å². The number of thiazole rings is 1. The maximum atomic E-state index is 12.7. The summed E-state index contributed by atoms with van der Waals surface area (Å²) in [5.74, 6) is 0.511. The number of amides is 2. The van der Waals surface area contributed by atoms with Gasteiger partial charge in [-0.2, -0.15) is 4.99 Å². The highest BCUT2D eigenvalue weighted by atomic mass is 32.1. The van der Waals surface area contributed by atoms with Crippen molar-refractivity contribution in [2.45, 2.75) is 40.2 Å². The van der Waals surface area contributed by atoms with Crippen LogP contribution in [-0.4, -0.2) is 34.5 Å². The topological polar surface area (TPSA) is 85.6 Å². The molecule has 2 heterocycles. The Morgan fingerprint density at radius 3 is 2.59 bits per heavy atom. The number of carbonyl (C=O) groups is 2. The number of benzene rings is 1. The molecule has 2 amide bonds. The number of nitrogens with one attached hydrogen (secondary N) is 1. The normalized spacial score (nSPS) is 11.4. The lowest BCUT2D eigenvalue weighted by Crippen LogP contribution is -2.26. The van der Waals surface area contributed by atoms with Gasteiger partial charge in [0.05, 0.1) is 17.9 Å². The van der Waals surface area contributed by atoms with Crippen molar-refractivity contribution >= 4 is 23.2 Å². The molecular weight excluding hydrogens is 424 g/mol. The number of carbonyl (C=O) groups excluding carboxylic acids is 2. The maximum absolute atomic E-state index is 12.7. The summed E-state index contributed by atoms with van der Waals surface area (Å²) in [5.41, 5.74) is 3.27. The molecule has 0 saturated heterocycles. The number of hydrogen-bond donors (Lipinski definition) is 1. The minimum Gasteiger partial charge on any atom is -0.494 e. The van der Waals surface area contributed by atoms with Crippen molar-refractivity contribution in [3.8, 4) is 17.0 Å². The summed E-state index contributed by atoms with van der Waals surface area (Å²) in [7, 11) is 0. The van der Waals surface area contributed by atoms with Crippen LogP contribution in [0.25, 0.3) is 11.3 Å². The lowest BCUT2D eigenvalue weighted by molar-refractivity contribution is -0.120. The average molecular weight is 453 g/mol. The molecule has 8 heteroatoms. The maximum Gasteiger partial charge on any atom is 0.281 e. The van der Waals surface area contributed by atoms with Gasteiger partial charge in [0, 0.05) is 36.8 Å². The van der Waals surface area contributed by atoms with Crippen molar-refractivity contribution in [3.05, 3.63) is 64.0 Å². The van der Waals surface area contributed by atoms with Gasteiger partial charge in [-0.25, -0.2) is 0 Å². The predicted molar refractivity (Wildman–Crippen MR) is 126 cm³/mol. The molecule has 0 aliphatic heterocycles. The summed E-state index contributed by atoms with van der Waals surface area (Å²) in [6, 6.07) is 11.4. The van der Waals surface area contributed by atoms with E-state index in [1.165, 1.54) is 11.3 Å². The molecule has 3 aromatic rings. The van der Waals surface area contributed by atoms with Crippen LogP contribution in [0.15, 0.2) is 53.0 Å². The highest BCUT2D eigenvalue weighted by molar-refractivity contribution is 7.07. The fourth-order valence-electron chi connectivity index (χ4n) is 3.09. The van der Waals surface area contributed by atoms with E-state index in [0.29, 0.717) is 36.5 Å². The van der Waals surface area contributed by atoms with Crippen LogP contribution < -0.4 is 14.9 Å². The quantitative estimate of drug-likeness (QED) is 0.498. The average Bonchev–Trinajstić information content (AvgIpc) is 3.19. The second-order valence-electron chi connectivity index (χ2n) is 7.17. The van der Waals surface area contributed by atoms with Crippen molar-refractivity contribution in [2.75, 3.05) is 13.2 Å². The van der Waals surface area contributed by atoms with Crippen LogP contribution in [0.3, 0.4) is 0 Å². The van der Waals surface area contributed by atoms with E-state index in [1.807, 2.05) is 55.0 Å². The summed E-state index contributed by atoms with van der Waals surface area (Å²) in [6.07, 6.45) is 2.73. The number of nitrogens with zero attached hydrogens (tertiary/aromatic N) is 3. The molecule has 168 valence electrons. The minimum atomic E-state index is -0.328. The zero-order valence-electron chi connectivity index (χ0n) is 18.6. The Labute approximate surface area is 191 Å². The van der Waals surface area contributed by atoms with Crippen molar-refractivity contribution in [3.63, 3.8) is 0 Å². The molecule has 1 aromatic carbocycles. The van der Waals surface area contributed by atoms with Gasteiger partial charge in [0.2, 0.25) is 5.91 Å². The molecule has 0 spiro atoms. The van der Waals surface area contributed by atoms with E-state index in [4.69, 9.17) is 4.74 Å². The molecule has 7 nitrogen and oxygen atoms in total. The SMILES string of the molecule is CCOc1ccc(-c2csc(=NC(=O)c3ccc(C)nc3)n2CCCNC(=O)CC)cc1. The molecule has 0 atom stereocenters. The fraction of sp³-hybridized carbons (Fsp3) is 0.333. The van der Waals surface area contributed by atoms with Crippen LogP contribution in [0.2, 0.25) is 0 Å². The largest absolute Gasteiger partial charge is 0.494 e. The van der Waals surface area contributed by atoms with Crippen LogP contribution in [0, 0.1) is 6.92 Å². The van der Waals surface area contributed by atoms with Gasteiger partial charge in [0.1, 0.15) is 5.75 Å². The monoisotopic (exact) mass is 452 g/mol. The van der Waals surface area contributed by atoms with E-state index in [9.17, 15) is 9.59 Å². The Morgan fingerprint density at radius 1 is 1.16 bits per heavy atom. The van der Waals surface area contributed by atoms with Gasteiger partial charge in [0.15, 0.2) is 4.80 Å². The molecule has 0 aliphatic rings. The van der Waals surface area contributed by atoms with E-state index in [0.717, 1.165) is 29.1 Å². The Balaban J connectivity index is 1.90. The summed E-state index contributed by atoms with van der Waals surface area (Å²) in [4.78, 5) is 33.4. The molecule has 2 aromatic heterocycles. The van der Waals surface area contributed by atoms with Gasteiger partial charge in [-0.15, -0.1) is 11.3 Å². The number of aromatic nitrogens is 2. The van der Waals surface area contributed by atoms with E-state index in [2.05, 4.69) is 15.3 Å². The van der Waals surface area contributed by atoms with Gasteiger partial charge in [-0.05, 0) is 62.2 Å². The molecule has 0 saturated carbocycles. The number of ether oxygens (including phenoxy) is 1. The Bertz CT molecular complexity index is 1120. The van der Waals surface area contributed by atoms with Gasteiger partial charge in [0.25, 0.3) is 5.91 Å². The second-order valence-corrected chi connectivity index (χ2v) is 8.01. The minimum absolute atomic E-state index is 0.0269. The zero-order chi connectivity index (χ0) is 22.9. The highest BCUT2D eigenvalue weighted by Crippen LogP contribution is 2.23. The number of rotatable bonds is 9. The first-order chi connectivity index (χ1) is 15.5. The summed E-state index contributed by atoms with van der Waals surface area (Å²) >= 11 is 1.42. The molecule has 32 heavy (non-hydrogen) atoms. The Kier molecular flexibility index (Phi) is 8.33. The smallest absolute Gasteiger partial charge is 0.281 e. The Hall–Kier alpha value is -3.26. The lowest BCUT2D eigenvalue weighted by atomic mass is 10.1. The van der Waals surface area contributed by atoms with Crippen molar-refractivity contribution in [1.82, 2.24) is 14.9 Å². The number of hydrogen-bond acceptors (Lipinski definition) is 5. The first-order valence-corrected chi connectivity index (χ1v) is 11.6. The van der Waals surface area contributed by atoms with Crippen LogP contribution in [-0.2, 0) is 11.3 Å². The first kappa shape index (κ1) is 23.4. The summed E-state index contributed by atoms with van der Waals surface area (Å²) in [5, 5.41) is 4.90. The van der Waals surface area contributed by atoms with Crippen molar-refractivity contribution < 1.29 is 14.3 Å². The van der Waals surface area contributed by atoms with Crippen LogP contribution in [0.5, 0.6) is 5.75 Å². The lowest BCUT2D eigenvalue weighted by Gasteiger charge is -2.11. The number of aryl methyl sites for hydroxylation is 1. The van der Waals surface area contributed by atoms with Gasteiger partial charge >= 0.3 is 0 Å². The third-order valence-electron chi connectivity index (χ3n) is 4.82. The Morgan fingerprint density at radius 2 is 1.94 bits per heavy atom. The van der Waals surface area contributed by atoms with Crippen LogP contribution in [0.4, 0.5) is 0 Å². The first-order valence-electron chi connectivity index (χ1n) is 10.7. The third-order valence-corrected chi connectivity index (χ3v) is 5.68. The number of pyridine rings is 1. The zero-order valence-corrected chi connectivity index (χ0v) is 19.4. The molecular formula is C24H28N4O3S. The highest BCUT2D eigenvalue weighted by Gasteiger charge is 2.11. The molecule has 0 radical (unpaired) electrons. The van der Waals surface area contributed by atoms with E-state index < -0.39 is 0 Å². The second kappa shape index (κ2) is 11.4. The summed E-state index contributed by atoms with van der Waals surface area (Å²) in [6.45, 7) is 7.45. The molecule has 3 rings (SSSR count). The van der Waals surface area contributed by atoms with Gasteiger partial charge < -0.3 is 14.6 Å². The van der Waals surface area contributed by atoms with Crippen LogP contribution >= 0.6 is 11.3 Å². The van der Waals surface area contributed by atoms with Gasteiger partial charge in [-0.1, -0.05) is 6.92 Å². The third kappa shape index (κ3) is 6.13. The van der Waals surface area contributed by atoms with E-state index in [1.54, 1.807) is 18.3 Å².